The van der Waals surface area contributed by atoms with Gasteiger partial charge >= 0.3 is 0 Å². The number of halogens is 1. The zero-order valence-corrected chi connectivity index (χ0v) is 12.6. The molecule has 1 aromatic carbocycles. The van der Waals surface area contributed by atoms with Gasteiger partial charge in [-0.15, -0.1) is 11.3 Å². The number of nitrogens with one attached hydrogen (secondary N) is 1. The van der Waals surface area contributed by atoms with Crippen LogP contribution in [0.25, 0.3) is 10.6 Å². The third-order valence-corrected chi connectivity index (χ3v) is 3.81. The summed E-state index contributed by atoms with van der Waals surface area (Å²) in [5, 5.41) is 6.26. The highest BCUT2D eigenvalue weighted by atomic mass is 35.5. The zero-order chi connectivity index (χ0) is 14.4. The van der Waals surface area contributed by atoms with Crippen molar-refractivity contribution in [3.8, 4) is 10.6 Å². The second-order valence-electron chi connectivity index (χ2n) is 4.17. The Hall–Kier alpha value is -1.43. The molecular weight excluding hydrogens is 296 g/mol. The molecule has 0 atom stereocenters. The Morgan fingerprint density at radius 1 is 1.40 bits per heavy atom. The number of thiazole rings is 1. The van der Waals surface area contributed by atoms with Crippen LogP contribution in [-0.2, 0) is 16.0 Å². The zero-order valence-electron chi connectivity index (χ0n) is 11.1. The molecule has 1 N–H and O–H groups in total. The molecule has 1 heterocycles. The highest BCUT2D eigenvalue weighted by Crippen LogP contribution is 2.25. The van der Waals surface area contributed by atoms with Gasteiger partial charge in [-0.05, 0) is 12.1 Å². The Labute approximate surface area is 126 Å². The van der Waals surface area contributed by atoms with E-state index in [9.17, 15) is 4.79 Å². The van der Waals surface area contributed by atoms with E-state index in [0.29, 0.717) is 18.2 Å². The second-order valence-corrected chi connectivity index (χ2v) is 5.46. The van der Waals surface area contributed by atoms with Gasteiger partial charge in [0.25, 0.3) is 0 Å². The van der Waals surface area contributed by atoms with Crippen molar-refractivity contribution in [2.45, 2.75) is 6.42 Å². The van der Waals surface area contributed by atoms with Crippen LogP contribution in [0, 0.1) is 0 Å². The number of benzene rings is 1. The maximum atomic E-state index is 11.7. The average Bonchev–Trinajstić information content (AvgIpc) is 2.88. The molecule has 0 aliphatic carbocycles. The number of rotatable bonds is 6. The van der Waals surface area contributed by atoms with Gasteiger partial charge in [0.2, 0.25) is 5.91 Å². The van der Waals surface area contributed by atoms with E-state index >= 15 is 0 Å². The third-order valence-electron chi connectivity index (χ3n) is 2.61. The van der Waals surface area contributed by atoms with Crippen molar-refractivity contribution in [3.05, 3.63) is 40.4 Å². The first kappa shape index (κ1) is 15.0. The van der Waals surface area contributed by atoms with Gasteiger partial charge in [0.1, 0.15) is 5.01 Å². The van der Waals surface area contributed by atoms with Crippen molar-refractivity contribution in [1.29, 1.82) is 0 Å². The number of carbonyl (C=O) groups is 1. The summed E-state index contributed by atoms with van der Waals surface area (Å²) in [6.07, 6.45) is 0.286. The summed E-state index contributed by atoms with van der Waals surface area (Å²) in [4.78, 5) is 16.1. The van der Waals surface area contributed by atoms with Gasteiger partial charge in [0, 0.05) is 29.6 Å². The second kappa shape index (κ2) is 7.38. The van der Waals surface area contributed by atoms with E-state index in [4.69, 9.17) is 16.3 Å². The highest BCUT2D eigenvalue weighted by molar-refractivity contribution is 7.13. The topological polar surface area (TPSA) is 51.2 Å². The SMILES string of the molecule is COCCNC(=O)Cc1csc(-c2ccc(Cl)cc2)n1. The van der Waals surface area contributed by atoms with Gasteiger partial charge in [-0.25, -0.2) is 4.98 Å². The first-order chi connectivity index (χ1) is 9.69. The maximum Gasteiger partial charge on any atom is 0.226 e. The number of methoxy groups -OCH3 is 1. The Morgan fingerprint density at radius 2 is 2.15 bits per heavy atom. The number of carbonyl (C=O) groups excluding carboxylic acids is 1. The Bertz CT molecular complexity index is 569. The number of hydrogen-bond acceptors (Lipinski definition) is 4. The van der Waals surface area contributed by atoms with Crippen molar-refractivity contribution in [1.82, 2.24) is 10.3 Å². The largest absolute Gasteiger partial charge is 0.383 e. The molecule has 0 aliphatic rings. The molecule has 1 amide bonds. The van der Waals surface area contributed by atoms with Gasteiger partial charge in [0.05, 0.1) is 18.7 Å². The van der Waals surface area contributed by atoms with Crippen LogP contribution in [0.2, 0.25) is 5.02 Å². The van der Waals surface area contributed by atoms with Crippen molar-refractivity contribution >= 4 is 28.8 Å². The lowest BCUT2D eigenvalue weighted by Gasteiger charge is -2.02. The fourth-order valence-electron chi connectivity index (χ4n) is 1.63. The monoisotopic (exact) mass is 310 g/mol. The predicted molar refractivity (Wildman–Crippen MR) is 81.1 cm³/mol. The van der Waals surface area contributed by atoms with Gasteiger partial charge in [-0.2, -0.15) is 0 Å². The van der Waals surface area contributed by atoms with Crippen LogP contribution < -0.4 is 5.32 Å². The standard InChI is InChI=1S/C14H15ClN2O2S/c1-19-7-6-16-13(18)8-12-9-20-14(17-12)10-2-4-11(15)5-3-10/h2-5,9H,6-8H2,1H3,(H,16,18). The minimum atomic E-state index is -0.0463. The number of hydrogen-bond donors (Lipinski definition) is 1. The predicted octanol–water partition coefficient (Wildman–Crippen LogP) is 2.77. The van der Waals surface area contributed by atoms with Crippen LogP contribution in [0.4, 0.5) is 0 Å². The molecule has 6 heteroatoms. The molecular formula is C14H15ClN2O2S. The number of ether oxygens (including phenoxy) is 1. The molecule has 2 rings (SSSR count). The highest BCUT2D eigenvalue weighted by Gasteiger charge is 2.08. The van der Waals surface area contributed by atoms with Crippen molar-refractivity contribution < 1.29 is 9.53 Å². The van der Waals surface area contributed by atoms with Crippen LogP contribution in [0.3, 0.4) is 0 Å². The molecule has 0 spiro atoms. The van der Waals surface area contributed by atoms with Crippen molar-refractivity contribution in [3.63, 3.8) is 0 Å². The molecule has 20 heavy (non-hydrogen) atoms. The van der Waals surface area contributed by atoms with E-state index in [2.05, 4.69) is 10.3 Å². The summed E-state index contributed by atoms with van der Waals surface area (Å²) < 4.78 is 4.87. The Morgan fingerprint density at radius 3 is 2.85 bits per heavy atom. The number of nitrogens with zero attached hydrogens (tertiary/aromatic N) is 1. The van der Waals surface area contributed by atoms with Gasteiger partial charge in [-0.3, -0.25) is 4.79 Å². The van der Waals surface area contributed by atoms with Crippen LogP contribution >= 0.6 is 22.9 Å². The van der Waals surface area contributed by atoms with E-state index in [-0.39, 0.29) is 12.3 Å². The van der Waals surface area contributed by atoms with Crippen molar-refractivity contribution in [2.24, 2.45) is 0 Å². The van der Waals surface area contributed by atoms with Gasteiger partial charge in [0.15, 0.2) is 0 Å². The summed E-state index contributed by atoms with van der Waals surface area (Å²) in [6.45, 7) is 1.03. The fourth-order valence-corrected chi connectivity index (χ4v) is 2.58. The molecule has 0 bridgehead atoms. The Balaban J connectivity index is 1.95. The van der Waals surface area contributed by atoms with Gasteiger partial charge in [-0.1, -0.05) is 23.7 Å². The summed E-state index contributed by atoms with van der Waals surface area (Å²) in [6, 6.07) is 7.50. The molecule has 0 radical (unpaired) electrons. The molecule has 1 aromatic heterocycles. The lowest BCUT2D eigenvalue weighted by molar-refractivity contribution is -0.120. The molecule has 0 saturated carbocycles. The average molecular weight is 311 g/mol. The number of amides is 1. The maximum absolute atomic E-state index is 11.7. The third kappa shape index (κ3) is 4.30. The first-order valence-corrected chi connectivity index (χ1v) is 7.41. The van der Waals surface area contributed by atoms with Crippen LogP contribution in [-0.4, -0.2) is 31.2 Å². The normalized spacial score (nSPS) is 10.5. The van der Waals surface area contributed by atoms with Crippen LogP contribution in [0.1, 0.15) is 5.69 Å². The molecule has 106 valence electrons. The molecule has 0 saturated heterocycles. The summed E-state index contributed by atoms with van der Waals surface area (Å²) in [7, 11) is 1.60. The van der Waals surface area contributed by atoms with Gasteiger partial charge < -0.3 is 10.1 Å². The van der Waals surface area contributed by atoms with Crippen LogP contribution in [0.15, 0.2) is 29.6 Å². The minimum Gasteiger partial charge on any atom is -0.383 e. The Kier molecular flexibility index (Phi) is 5.52. The smallest absolute Gasteiger partial charge is 0.226 e. The first-order valence-electron chi connectivity index (χ1n) is 6.15. The van der Waals surface area contributed by atoms with E-state index in [1.807, 2.05) is 29.6 Å². The number of aromatic nitrogens is 1. The molecule has 0 unspecified atom stereocenters. The molecule has 0 fully saturated rings. The fraction of sp³-hybridized carbons (Fsp3) is 0.286. The van der Waals surface area contributed by atoms with E-state index in [1.54, 1.807) is 7.11 Å². The quantitative estimate of drug-likeness (QED) is 0.835. The summed E-state index contributed by atoms with van der Waals surface area (Å²) in [5.41, 5.74) is 1.78. The minimum absolute atomic E-state index is 0.0463. The van der Waals surface area contributed by atoms with E-state index in [1.165, 1.54) is 11.3 Å². The van der Waals surface area contributed by atoms with Crippen LogP contribution in [0.5, 0.6) is 0 Å². The molecule has 2 aromatic rings. The molecule has 0 aliphatic heterocycles. The lowest BCUT2D eigenvalue weighted by Crippen LogP contribution is -2.28. The van der Waals surface area contributed by atoms with Crippen molar-refractivity contribution in [2.75, 3.05) is 20.3 Å². The van der Waals surface area contributed by atoms with E-state index < -0.39 is 0 Å². The summed E-state index contributed by atoms with van der Waals surface area (Å²) in [5.74, 6) is -0.0463. The summed E-state index contributed by atoms with van der Waals surface area (Å²) >= 11 is 7.37. The lowest BCUT2D eigenvalue weighted by atomic mass is 10.2. The molecule has 4 nitrogen and oxygen atoms in total. The van der Waals surface area contributed by atoms with E-state index in [0.717, 1.165) is 16.3 Å².